The lowest BCUT2D eigenvalue weighted by molar-refractivity contribution is -0.124. The highest BCUT2D eigenvalue weighted by atomic mass is 32.2. The molecule has 0 saturated carbocycles. The number of hydrogen-bond donors (Lipinski definition) is 2. The molecule has 2 N–H and O–H groups in total. The van der Waals surface area contributed by atoms with Gasteiger partial charge in [-0.15, -0.1) is 10.2 Å². The summed E-state index contributed by atoms with van der Waals surface area (Å²) in [6.07, 6.45) is 2.66. The Balaban J connectivity index is 1.55. The van der Waals surface area contributed by atoms with Gasteiger partial charge >= 0.3 is 12.6 Å². The highest BCUT2D eigenvalue weighted by Gasteiger charge is 2.34. The molecule has 1 saturated heterocycles. The Hall–Kier alpha value is -4.51. The molecule has 1 unspecified atom stereocenters. The highest BCUT2D eigenvalue weighted by Crippen LogP contribution is 2.24. The molecule has 3 aromatic rings. The van der Waals surface area contributed by atoms with Gasteiger partial charge in [-0.1, -0.05) is 38.0 Å². The Morgan fingerprint density at radius 2 is 1.83 bits per heavy atom. The van der Waals surface area contributed by atoms with Crippen molar-refractivity contribution in [2.45, 2.75) is 44.7 Å². The van der Waals surface area contributed by atoms with Crippen LogP contribution in [0.25, 0.3) is 11.5 Å². The molecule has 1 fully saturated rings. The second-order valence-electron chi connectivity index (χ2n) is 10.4. The van der Waals surface area contributed by atoms with E-state index in [0.717, 1.165) is 0 Å². The van der Waals surface area contributed by atoms with Gasteiger partial charge in [0.25, 0.3) is 5.89 Å². The van der Waals surface area contributed by atoms with Gasteiger partial charge < -0.3 is 29.4 Å². The lowest BCUT2D eigenvalue weighted by Gasteiger charge is -2.30. The number of amides is 3. The number of carbonyl (C=O) groups is 3. The molecule has 0 aliphatic carbocycles. The van der Waals surface area contributed by atoms with Gasteiger partial charge in [-0.05, 0) is 24.6 Å². The summed E-state index contributed by atoms with van der Waals surface area (Å²) in [6, 6.07) is 8.02. The summed E-state index contributed by atoms with van der Waals surface area (Å²) in [5, 5.41) is 12.7. The van der Waals surface area contributed by atoms with E-state index in [-0.39, 0.29) is 49.9 Å². The molecule has 14 nitrogen and oxygen atoms in total. The molecular formula is C29H34F2N6O8S. The van der Waals surface area contributed by atoms with Crippen molar-refractivity contribution in [1.82, 2.24) is 30.7 Å². The Morgan fingerprint density at radius 1 is 1.07 bits per heavy atom. The molecule has 1 aliphatic rings. The minimum Gasteiger partial charge on any atom is -0.435 e. The first-order valence-corrected chi connectivity index (χ1v) is 16.3. The number of sulfone groups is 1. The second kappa shape index (κ2) is 16.2. The Kier molecular flexibility index (Phi) is 12.1. The molecule has 2 aromatic heterocycles. The van der Waals surface area contributed by atoms with E-state index in [1.165, 1.54) is 35.4 Å². The van der Waals surface area contributed by atoms with Gasteiger partial charge in [0.05, 0.1) is 30.3 Å². The number of carbonyl (C=O) groups excluding carboxylic acids is 3. The summed E-state index contributed by atoms with van der Waals surface area (Å²) in [6.45, 7) is -0.330. The number of Topliss-reactive ketones (excluding diaryl/α,β-unsaturated/α-hetero) is 1. The van der Waals surface area contributed by atoms with Gasteiger partial charge in [0.2, 0.25) is 17.6 Å². The molecule has 46 heavy (non-hydrogen) atoms. The minimum absolute atomic E-state index is 0.0175. The van der Waals surface area contributed by atoms with Gasteiger partial charge in [0, 0.05) is 31.0 Å². The summed E-state index contributed by atoms with van der Waals surface area (Å²) < 4.78 is 67.8. The SMILES string of the molecule is CCCCC(C(=O)N[C@@H](CS(=O)(=O)Cc1ccccc1OC(F)F)NC(=O)N1CCOCC1)C(=O)c1nnc(-c2cccnc2)o1. The third kappa shape index (κ3) is 9.74. The van der Waals surface area contributed by atoms with E-state index in [1.54, 1.807) is 18.3 Å². The van der Waals surface area contributed by atoms with Gasteiger partial charge in [0.15, 0.2) is 9.84 Å². The van der Waals surface area contributed by atoms with Gasteiger partial charge in [-0.3, -0.25) is 14.6 Å². The zero-order valence-corrected chi connectivity index (χ0v) is 25.8. The lowest BCUT2D eigenvalue weighted by Crippen LogP contribution is -2.57. The van der Waals surface area contributed by atoms with E-state index in [0.29, 0.717) is 18.4 Å². The number of alkyl halides is 2. The molecule has 1 aromatic carbocycles. The molecule has 0 radical (unpaired) electrons. The lowest BCUT2D eigenvalue weighted by atomic mass is 9.96. The number of urea groups is 1. The van der Waals surface area contributed by atoms with Crippen LogP contribution in [0, 0.1) is 5.92 Å². The standard InChI is InChI=1S/C29H34F2N6O8S/c1-2-3-9-21(24(38)27-36-35-26(45-27)19-8-6-11-32-16-19)25(39)33-23(34-29(40)37-12-14-43-15-13-37)18-46(41,42)17-20-7-4-5-10-22(20)44-28(30)31/h4-8,10-11,16,21,23,28H,2-3,9,12-15,17-18H2,1H3,(H,33,39)(H,34,40)/t21?,23-/m1/s1. The van der Waals surface area contributed by atoms with Gasteiger partial charge in [-0.25, -0.2) is 13.2 Å². The number of morpholine rings is 1. The van der Waals surface area contributed by atoms with Crippen molar-refractivity contribution in [3.63, 3.8) is 0 Å². The van der Waals surface area contributed by atoms with Crippen LogP contribution in [0.2, 0.25) is 0 Å². The molecular weight excluding hydrogens is 630 g/mol. The first-order valence-electron chi connectivity index (χ1n) is 14.5. The predicted molar refractivity (Wildman–Crippen MR) is 158 cm³/mol. The number of rotatable bonds is 15. The number of hydrogen-bond acceptors (Lipinski definition) is 11. The van der Waals surface area contributed by atoms with Crippen LogP contribution in [-0.4, -0.2) is 91.1 Å². The average molecular weight is 665 g/mol. The minimum atomic E-state index is -4.19. The number of para-hydroxylation sites is 1. The summed E-state index contributed by atoms with van der Waals surface area (Å²) in [5.41, 5.74) is 0.421. The summed E-state index contributed by atoms with van der Waals surface area (Å²) in [7, 11) is -4.19. The summed E-state index contributed by atoms with van der Waals surface area (Å²) in [4.78, 5) is 45.5. The van der Waals surface area contributed by atoms with Gasteiger partial charge in [-0.2, -0.15) is 8.78 Å². The van der Waals surface area contributed by atoms with E-state index in [1.807, 2.05) is 6.92 Å². The Labute approximate surface area is 263 Å². The number of nitrogens with one attached hydrogen (secondary N) is 2. The molecule has 3 amide bonds. The first-order chi connectivity index (χ1) is 22.1. The van der Waals surface area contributed by atoms with Crippen molar-refractivity contribution in [2.24, 2.45) is 5.92 Å². The predicted octanol–water partition coefficient (Wildman–Crippen LogP) is 2.82. The number of nitrogens with zero attached hydrogens (tertiary/aromatic N) is 4. The monoisotopic (exact) mass is 664 g/mol. The van der Waals surface area contributed by atoms with Crippen LogP contribution in [0.4, 0.5) is 13.6 Å². The second-order valence-corrected chi connectivity index (χ2v) is 12.5. The maximum Gasteiger partial charge on any atom is 0.387 e. The Bertz CT molecular complexity index is 1590. The fourth-order valence-electron chi connectivity index (χ4n) is 4.65. The largest absolute Gasteiger partial charge is 0.435 e. The molecule has 17 heteroatoms. The summed E-state index contributed by atoms with van der Waals surface area (Å²) >= 11 is 0. The fourth-order valence-corrected chi connectivity index (χ4v) is 6.15. The smallest absolute Gasteiger partial charge is 0.387 e. The normalized spacial score (nSPS) is 14.8. The zero-order chi connectivity index (χ0) is 33.1. The fraction of sp³-hybridized carbons (Fsp3) is 0.448. The Morgan fingerprint density at radius 3 is 2.52 bits per heavy atom. The number of ketones is 1. The first kappa shape index (κ1) is 34.4. The van der Waals surface area contributed by atoms with E-state index < -0.39 is 63.7 Å². The van der Waals surface area contributed by atoms with E-state index in [9.17, 15) is 31.6 Å². The van der Waals surface area contributed by atoms with Crippen molar-refractivity contribution in [3.05, 3.63) is 60.2 Å². The maximum absolute atomic E-state index is 13.6. The number of halogens is 2. The van der Waals surface area contributed by atoms with Crippen molar-refractivity contribution < 1.29 is 45.5 Å². The molecule has 1 aliphatic heterocycles. The maximum atomic E-state index is 13.6. The van der Waals surface area contributed by atoms with Gasteiger partial charge in [0.1, 0.15) is 17.8 Å². The molecule has 248 valence electrons. The molecule has 0 bridgehead atoms. The van der Waals surface area contributed by atoms with Crippen molar-refractivity contribution in [2.75, 3.05) is 32.1 Å². The number of ether oxygens (including phenoxy) is 2. The van der Waals surface area contributed by atoms with E-state index in [4.69, 9.17) is 9.15 Å². The highest BCUT2D eigenvalue weighted by molar-refractivity contribution is 7.90. The molecule has 3 heterocycles. The van der Waals surface area contributed by atoms with E-state index >= 15 is 0 Å². The number of pyridine rings is 1. The molecule has 0 spiro atoms. The van der Waals surface area contributed by atoms with Crippen LogP contribution >= 0.6 is 0 Å². The average Bonchev–Trinajstić information content (AvgIpc) is 3.53. The van der Waals surface area contributed by atoms with Crippen LogP contribution in [0.5, 0.6) is 5.75 Å². The summed E-state index contributed by atoms with van der Waals surface area (Å²) in [5.74, 6) is -5.29. The van der Waals surface area contributed by atoms with Crippen molar-refractivity contribution in [3.8, 4) is 17.2 Å². The van der Waals surface area contributed by atoms with Crippen molar-refractivity contribution >= 4 is 27.6 Å². The quantitative estimate of drug-likeness (QED) is 0.138. The number of aromatic nitrogens is 3. The number of benzene rings is 1. The van der Waals surface area contributed by atoms with Crippen LogP contribution in [-0.2, 0) is 25.1 Å². The topological polar surface area (TPSA) is 183 Å². The van der Waals surface area contributed by atoms with Crippen LogP contribution in [0.15, 0.2) is 53.2 Å². The zero-order valence-electron chi connectivity index (χ0n) is 24.9. The van der Waals surface area contributed by atoms with Crippen LogP contribution in [0.1, 0.15) is 42.4 Å². The molecule has 2 atom stereocenters. The van der Waals surface area contributed by atoms with Crippen LogP contribution < -0.4 is 15.4 Å². The van der Waals surface area contributed by atoms with E-state index in [2.05, 4.69) is 30.6 Å². The van der Waals surface area contributed by atoms with Crippen LogP contribution in [0.3, 0.4) is 0 Å². The third-order valence-corrected chi connectivity index (χ3v) is 8.51. The molecule has 4 rings (SSSR count). The van der Waals surface area contributed by atoms with Crippen molar-refractivity contribution in [1.29, 1.82) is 0 Å². The third-order valence-electron chi connectivity index (χ3n) is 6.92. The number of unbranched alkanes of at least 4 members (excludes halogenated alkanes) is 1.